The first-order valence-corrected chi connectivity index (χ1v) is 4.92. The number of nitrogens with one attached hydrogen (secondary N) is 1. The standard InChI is InChI=1S/C10H18N2O4/c1-6(7(13)5-8(11)14)12-9(15)16-10(2,3)4/h6H,5H2,1-4H3,(H2,11,14)(H,12,15). The van der Waals surface area contributed by atoms with Crippen LogP contribution in [0.2, 0.25) is 0 Å². The van der Waals surface area contributed by atoms with Gasteiger partial charge in [0.25, 0.3) is 0 Å². The smallest absolute Gasteiger partial charge is 0.408 e. The van der Waals surface area contributed by atoms with Gasteiger partial charge in [-0.3, -0.25) is 9.59 Å². The first kappa shape index (κ1) is 14.4. The zero-order valence-corrected chi connectivity index (χ0v) is 9.99. The summed E-state index contributed by atoms with van der Waals surface area (Å²) in [5.41, 5.74) is 4.23. The molecule has 16 heavy (non-hydrogen) atoms. The molecule has 0 radical (unpaired) electrons. The molecule has 0 fully saturated rings. The van der Waals surface area contributed by atoms with Crippen molar-refractivity contribution in [2.24, 2.45) is 5.73 Å². The summed E-state index contributed by atoms with van der Waals surface area (Å²) in [6.45, 7) is 6.60. The molecule has 0 aliphatic carbocycles. The predicted molar refractivity (Wildman–Crippen MR) is 57.7 cm³/mol. The lowest BCUT2D eigenvalue weighted by Crippen LogP contribution is -2.42. The number of hydrogen-bond donors (Lipinski definition) is 2. The Balaban J connectivity index is 4.14. The van der Waals surface area contributed by atoms with Crippen LogP contribution in [0.3, 0.4) is 0 Å². The fraction of sp³-hybridized carbons (Fsp3) is 0.700. The van der Waals surface area contributed by atoms with E-state index in [1.165, 1.54) is 6.92 Å². The molecule has 0 aromatic carbocycles. The molecule has 6 nitrogen and oxygen atoms in total. The van der Waals surface area contributed by atoms with Gasteiger partial charge in [0.05, 0.1) is 12.5 Å². The van der Waals surface area contributed by atoms with Crippen LogP contribution in [0.1, 0.15) is 34.1 Å². The van der Waals surface area contributed by atoms with Crippen LogP contribution < -0.4 is 11.1 Å². The van der Waals surface area contributed by atoms with Crippen LogP contribution in [0.4, 0.5) is 4.79 Å². The minimum atomic E-state index is -0.789. The van der Waals surface area contributed by atoms with Crippen molar-refractivity contribution in [2.75, 3.05) is 0 Å². The van der Waals surface area contributed by atoms with Crippen molar-refractivity contribution in [3.8, 4) is 0 Å². The fourth-order valence-electron chi connectivity index (χ4n) is 0.890. The number of carbonyl (C=O) groups excluding carboxylic acids is 3. The van der Waals surface area contributed by atoms with E-state index in [2.05, 4.69) is 5.32 Å². The highest BCUT2D eigenvalue weighted by molar-refractivity contribution is 6.00. The summed E-state index contributed by atoms with van der Waals surface area (Å²) >= 11 is 0. The number of ketones is 1. The molecule has 3 N–H and O–H groups in total. The van der Waals surface area contributed by atoms with Crippen LogP contribution in [0.25, 0.3) is 0 Å². The van der Waals surface area contributed by atoms with Crippen molar-refractivity contribution in [3.05, 3.63) is 0 Å². The molecule has 0 spiro atoms. The highest BCUT2D eigenvalue weighted by Crippen LogP contribution is 2.06. The monoisotopic (exact) mass is 230 g/mol. The van der Waals surface area contributed by atoms with Crippen LogP contribution in [0, 0.1) is 0 Å². The number of carbonyl (C=O) groups is 3. The molecule has 1 atom stereocenters. The summed E-state index contributed by atoms with van der Waals surface area (Å²) in [5, 5.41) is 2.32. The Morgan fingerprint density at radius 1 is 1.31 bits per heavy atom. The molecule has 0 aromatic heterocycles. The van der Waals surface area contributed by atoms with Gasteiger partial charge in [0.1, 0.15) is 5.60 Å². The summed E-state index contributed by atoms with van der Waals surface area (Å²) in [6.07, 6.45) is -1.09. The Kier molecular flexibility index (Phi) is 4.94. The number of rotatable bonds is 4. The lowest BCUT2D eigenvalue weighted by atomic mass is 10.1. The summed E-state index contributed by atoms with van der Waals surface area (Å²) in [6, 6.07) is -0.789. The zero-order chi connectivity index (χ0) is 12.9. The van der Waals surface area contributed by atoms with Gasteiger partial charge in [0.2, 0.25) is 5.91 Å². The van der Waals surface area contributed by atoms with Crippen LogP contribution in [0.5, 0.6) is 0 Å². The predicted octanol–water partition coefficient (Wildman–Crippen LogP) is 0.344. The van der Waals surface area contributed by atoms with Crippen molar-refractivity contribution in [1.29, 1.82) is 0 Å². The van der Waals surface area contributed by atoms with Gasteiger partial charge in [0, 0.05) is 0 Å². The van der Waals surface area contributed by atoms with Crippen LogP contribution >= 0.6 is 0 Å². The number of alkyl carbamates (subject to hydrolysis) is 1. The van der Waals surface area contributed by atoms with Crippen LogP contribution in [0.15, 0.2) is 0 Å². The molecule has 1 unspecified atom stereocenters. The lowest BCUT2D eigenvalue weighted by molar-refractivity contribution is -0.127. The minimum Gasteiger partial charge on any atom is -0.444 e. The maximum absolute atomic E-state index is 11.3. The zero-order valence-electron chi connectivity index (χ0n) is 9.99. The molecular weight excluding hydrogens is 212 g/mol. The molecule has 0 aliphatic heterocycles. The van der Waals surface area contributed by atoms with Crippen LogP contribution in [-0.2, 0) is 14.3 Å². The Morgan fingerprint density at radius 2 is 1.81 bits per heavy atom. The third kappa shape index (κ3) is 6.80. The Hall–Kier alpha value is -1.59. The second kappa shape index (κ2) is 5.48. The maximum atomic E-state index is 11.3. The molecule has 0 saturated heterocycles. The number of Topliss-reactive ketones (excluding diaryl/α,β-unsaturated/α-hetero) is 1. The number of primary amides is 1. The molecule has 0 heterocycles. The van der Waals surface area contributed by atoms with E-state index in [0.29, 0.717) is 0 Å². The van der Waals surface area contributed by atoms with E-state index in [4.69, 9.17) is 10.5 Å². The van der Waals surface area contributed by atoms with Gasteiger partial charge >= 0.3 is 6.09 Å². The maximum Gasteiger partial charge on any atom is 0.408 e. The number of ether oxygens (including phenoxy) is 1. The van der Waals surface area contributed by atoms with E-state index in [9.17, 15) is 14.4 Å². The first-order valence-electron chi connectivity index (χ1n) is 4.92. The van der Waals surface area contributed by atoms with Gasteiger partial charge in [-0.2, -0.15) is 0 Å². The normalized spacial score (nSPS) is 12.8. The Morgan fingerprint density at radius 3 is 2.19 bits per heavy atom. The van der Waals surface area contributed by atoms with E-state index in [1.807, 2.05) is 0 Å². The van der Waals surface area contributed by atoms with Crippen molar-refractivity contribution >= 4 is 17.8 Å². The van der Waals surface area contributed by atoms with Gasteiger partial charge in [-0.1, -0.05) is 0 Å². The van der Waals surface area contributed by atoms with Gasteiger partial charge in [-0.15, -0.1) is 0 Å². The third-order valence-electron chi connectivity index (χ3n) is 1.56. The third-order valence-corrected chi connectivity index (χ3v) is 1.56. The molecule has 0 bridgehead atoms. The summed E-state index contributed by atoms with van der Waals surface area (Å²) in [4.78, 5) is 33.0. The molecule has 0 aliphatic rings. The lowest BCUT2D eigenvalue weighted by Gasteiger charge is -2.21. The summed E-state index contributed by atoms with van der Waals surface area (Å²) in [7, 11) is 0. The number of hydrogen-bond acceptors (Lipinski definition) is 4. The molecule has 0 rings (SSSR count). The average molecular weight is 230 g/mol. The molecule has 92 valence electrons. The van der Waals surface area contributed by atoms with Crippen molar-refractivity contribution < 1.29 is 19.1 Å². The molecular formula is C10H18N2O4. The van der Waals surface area contributed by atoms with Crippen molar-refractivity contribution in [2.45, 2.75) is 45.8 Å². The van der Waals surface area contributed by atoms with Crippen molar-refractivity contribution in [3.63, 3.8) is 0 Å². The largest absolute Gasteiger partial charge is 0.444 e. The summed E-state index contributed by atoms with van der Waals surface area (Å²) < 4.78 is 4.95. The van der Waals surface area contributed by atoms with Gasteiger partial charge < -0.3 is 15.8 Å². The van der Waals surface area contributed by atoms with Gasteiger partial charge in [-0.25, -0.2) is 4.79 Å². The molecule has 6 heteroatoms. The van der Waals surface area contributed by atoms with E-state index in [1.54, 1.807) is 20.8 Å². The van der Waals surface area contributed by atoms with Crippen molar-refractivity contribution in [1.82, 2.24) is 5.32 Å². The molecule has 0 saturated carbocycles. The van der Waals surface area contributed by atoms with E-state index < -0.39 is 35.8 Å². The Labute approximate surface area is 94.5 Å². The number of amides is 2. The highest BCUT2D eigenvalue weighted by Gasteiger charge is 2.21. The number of nitrogens with two attached hydrogens (primary N) is 1. The van der Waals surface area contributed by atoms with Gasteiger partial charge in [0.15, 0.2) is 5.78 Å². The second-order valence-electron chi connectivity index (χ2n) is 4.48. The topological polar surface area (TPSA) is 98.5 Å². The quantitative estimate of drug-likeness (QED) is 0.680. The average Bonchev–Trinajstić information content (AvgIpc) is 1.98. The van der Waals surface area contributed by atoms with Gasteiger partial charge in [-0.05, 0) is 27.7 Å². The Bertz CT molecular complexity index is 294. The summed E-state index contributed by atoms with van der Waals surface area (Å²) in [5.74, 6) is -1.17. The molecule has 2 amide bonds. The fourth-order valence-corrected chi connectivity index (χ4v) is 0.890. The van der Waals surface area contributed by atoms with E-state index in [-0.39, 0.29) is 0 Å². The van der Waals surface area contributed by atoms with Crippen LogP contribution in [-0.4, -0.2) is 29.4 Å². The highest BCUT2D eigenvalue weighted by atomic mass is 16.6. The molecule has 0 aromatic rings. The second-order valence-corrected chi connectivity index (χ2v) is 4.48. The first-order chi connectivity index (χ1) is 7.11. The van der Waals surface area contributed by atoms with E-state index >= 15 is 0 Å². The van der Waals surface area contributed by atoms with E-state index in [0.717, 1.165) is 0 Å². The minimum absolute atomic E-state index is 0.392. The SMILES string of the molecule is CC(NC(=O)OC(C)(C)C)C(=O)CC(N)=O.